The Bertz CT molecular complexity index is 885. The van der Waals surface area contributed by atoms with Crippen LogP contribution in [0.25, 0.3) is 11.0 Å². The third-order valence-electron chi connectivity index (χ3n) is 4.20. The molecule has 3 rings (SSSR count). The van der Waals surface area contributed by atoms with Crippen LogP contribution in [0.1, 0.15) is 30.8 Å². The van der Waals surface area contributed by atoms with Crippen LogP contribution < -0.4 is 5.32 Å². The minimum Gasteiger partial charge on any atom is -0.351 e. The SMILES string of the molecule is CCOC(Cn1cc(C(=O)NCCCn2cnc3ccccc32)nn1)OCC. The molecule has 1 aromatic carbocycles. The van der Waals surface area contributed by atoms with Crippen molar-refractivity contribution in [1.29, 1.82) is 0 Å². The van der Waals surface area contributed by atoms with Gasteiger partial charge in [0.15, 0.2) is 12.0 Å². The summed E-state index contributed by atoms with van der Waals surface area (Å²) in [5, 5.41) is 10.8. The van der Waals surface area contributed by atoms with Crippen molar-refractivity contribution in [2.45, 2.75) is 39.6 Å². The van der Waals surface area contributed by atoms with E-state index in [1.54, 1.807) is 10.9 Å². The predicted octanol–water partition coefficient (Wildman–Crippen LogP) is 1.85. The van der Waals surface area contributed by atoms with Gasteiger partial charge >= 0.3 is 0 Å². The van der Waals surface area contributed by atoms with E-state index in [9.17, 15) is 4.79 Å². The van der Waals surface area contributed by atoms with Crippen LogP contribution in [0, 0.1) is 0 Å². The lowest BCUT2D eigenvalue weighted by Gasteiger charge is -2.16. The fourth-order valence-electron chi connectivity index (χ4n) is 2.90. The van der Waals surface area contributed by atoms with Crippen molar-refractivity contribution in [2.24, 2.45) is 0 Å². The van der Waals surface area contributed by atoms with E-state index < -0.39 is 6.29 Å². The molecule has 0 aliphatic carbocycles. The van der Waals surface area contributed by atoms with E-state index in [2.05, 4.69) is 25.2 Å². The van der Waals surface area contributed by atoms with Gasteiger partial charge in [-0.25, -0.2) is 9.67 Å². The highest BCUT2D eigenvalue weighted by Gasteiger charge is 2.14. The maximum absolute atomic E-state index is 12.3. The first-order valence-corrected chi connectivity index (χ1v) is 9.52. The van der Waals surface area contributed by atoms with Crippen molar-refractivity contribution < 1.29 is 14.3 Å². The number of hydrogen-bond acceptors (Lipinski definition) is 6. The monoisotopic (exact) mass is 386 g/mol. The second-order valence-electron chi connectivity index (χ2n) is 6.20. The Morgan fingerprint density at radius 1 is 1.21 bits per heavy atom. The molecule has 9 heteroatoms. The minimum atomic E-state index is -0.405. The molecule has 0 bridgehead atoms. The molecule has 0 fully saturated rings. The van der Waals surface area contributed by atoms with Crippen molar-refractivity contribution in [3.05, 3.63) is 42.5 Å². The quantitative estimate of drug-likeness (QED) is 0.399. The molecular formula is C19H26N6O3. The largest absolute Gasteiger partial charge is 0.351 e. The predicted molar refractivity (Wildman–Crippen MR) is 104 cm³/mol. The van der Waals surface area contributed by atoms with Crippen LogP contribution in [0.5, 0.6) is 0 Å². The number of nitrogens with one attached hydrogen (secondary N) is 1. The second-order valence-corrected chi connectivity index (χ2v) is 6.20. The number of nitrogens with zero attached hydrogens (tertiary/aromatic N) is 5. The van der Waals surface area contributed by atoms with Gasteiger partial charge in [-0.05, 0) is 32.4 Å². The van der Waals surface area contributed by atoms with Gasteiger partial charge in [0.05, 0.1) is 30.1 Å². The van der Waals surface area contributed by atoms with E-state index in [0.29, 0.717) is 26.3 Å². The van der Waals surface area contributed by atoms with Crippen LogP contribution in [0.4, 0.5) is 0 Å². The lowest BCUT2D eigenvalue weighted by molar-refractivity contribution is -0.145. The first-order valence-electron chi connectivity index (χ1n) is 9.52. The average Bonchev–Trinajstić information content (AvgIpc) is 3.33. The van der Waals surface area contributed by atoms with E-state index in [1.807, 2.05) is 44.4 Å². The molecule has 2 heterocycles. The van der Waals surface area contributed by atoms with Crippen LogP contribution in [0.2, 0.25) is 0 Å². The molecule has 0 aliphatic heterocycles. The van der Waals surface area contributed by atoms with E-state index in [0.717, 1.165) is 24.0 Å². The van der Waals surface area contributed by atoms with Gasteiger partial charge in [0.25, 0.3) is 5.91 Å². The Balaban J connectivity index is 1.45. The Labute approximate surface area is 163 Å². The summed E-state index contributed by atoms with van der Waals surface area (Å²) in [4.78, 5) is 16.6. The number of rotatable bonds is 11. The number of benzene rings is 1. The van der Waals surface area contributed by atoms with Crippen molar-refractivity contribution >= 4 is 16.9 Å². The zero-order valence-electron chi connectivity index (χ0n) is 16.2. The summed E-state index contributed by atoms with van der Waals surface area (Å²) in [6.07, 6.45) is 3.81. The highest BCUT2D eigenvalue weighted by atomic mass is 16.7. The van der Waals surface area contributed by atoms with Crippen molar-refractivity contribution in [2.75, 3.05) is 19.8 Å². The zero-order chi connectivity index (χ0) is 19.8. The van der Waals surface area contributed by atoms with Gasteiger partial charge in [-0.15, -0.1) is 5.10 Å². The van der Waals surface area contributed by atoms with E-state index in [1.165, 1.54) is 0 Å². The van der Waals surface area contributed by atoms with Gasteiger partial charge in [-0.2, -0.15) is 0 Å². The van der Waals surface area contributed by atoms with E-state index in [4.69, 9.17) is 9.47 Å². The Morgan fingerprint density at radius 2 is 2.00 bits per heavy atom. The molecule has 1 amide bonds. The van der Waals surface area contributed by atoms with Gasteiger partial charge in [-0.3, -0.25) is 4.79 Å². The molecule has 0 aliphatic rings. The standard InChI is InChI=1S/C19H26N6O3/c1-3-27-18(28-4-2)13-25-12-16(22-23-25)19(26)20-10-7-11-24-14-21-15-8-5-6-9-17(15)24/h5-6,8-9,12,14,18H,3-4,7,10-11,13H2,1-2H3,(H,20,26). The van der Waals surface area contributed by atoms with Gasteiger partial charge in [0, 0.05) is 26.3 Å². The van der Waals surface area contributed by atoms with Gasteiger partial charge < -0.3 is 19.4 Å². The molecule has 1 N–H and O–H groups in total. The van der Waals surface area contributed by atoms with Crippen LogP contribution in [-0.2, 0) is 22.6 Å². The Hall–Kier alpha value is -2.78. The molecule has 150 valence electrons. The van der Waals surface area contributed by atoms with Gasteiger partial charge in [-0.1, -0.05) is 17.3 Å². The Kier molecular flexibility index (Phi) is 7.10. The summed E-state index contributed by atoms with van der Waals surface area (Å²) < 4.78 is 14.6. The molecule has 2 aromatic heterocycles. The van der Waals surface area contributed by atoms with Crippen molar-refractivity contribution in [1.82, 2.24) is 29.9 Å². The molecule has 0 saturated carbocycles. The number of fused-ring (bicyclic) bond motifs is 1. The molecule has 0 saturated heterocycles. The van der Waals surface area contributed by atoms with Crippen molar-refractivity contribution in [3.63, 3.8) is 0 Å². The maximum Gasteiger partial charge on any atom is 0.273 e. The highest BCUT2D eigenvalue weighted by molar-refractivity contribution is 5.91. The van der Waals surface area contributed by atoms with Crippen LogP contribution >= 0.6 is 0 Å². The summed E-state index contributed by atoms with van der Waals surface area (Å²) in [5.74, 6) is -0.244. The molecule has 9 nitrogen and oxygen atoms in total. The molecule has 0 spiro atoms. The zero-order valence-corrected chi connectivity index (χ0v) is 16.2. The molecular weight excluding hydrogens is 360 g/mol. The number of aryl methyl sites for hydroxylation is 1. The number of amides is 1. The van der Waals surface area contributed by atoms with Gasteiger partial charge in [0.2, 0.25) is 0 Å². The van der Waals surface area contributed by atoms with Crippen LogP contribution in [0.15, 0.2) is 36.8 Å². The number of hydrogen-bond donors (Lipinski definition) is 1. The molecule has 28 heavy (non-hydrogen) atoms. The first-order chi connectivity index (χ1) is 13.7. The Morgan fingerprint density at radius 3 is 2.79 bits per heavy atom. The summed E-state index contributed by atoms with van der Waals surface area (Å²) in [5.41, 5.74) is 2.34. The van der Waals surface area contributed by atoms with E-state index in [-0.39, 0.29) is 11.6 Å². The third-order valence-corrected chi connectivity index (χ3v) is 4.20. The number of carbonyl (C=O) groups excluding carboxylic acids is 1. The number of imidazole rings is 1. The average molecular weight is 386 g/mol. The molecule has 0 radical (unpaired) electrons. The fraction of sp³-hybridized carbons (Fsp3) is 0.474. The molecule has 0 unspecified atom stereocenters. The van der Waals surface area contributed by atoms with E-state index >= 15 is 0 Å². The number of ether oxygens (including phenoxy) is 2. The second kappa shape index (κ2) is 9.95. The summed E-state index contributed by atoms with van der Waals surface area (Å²) in [6, 6.07) is 7.99. The minimum absolute atomic E-state index is 0.244. The van der Waals surface area contributed by atoms with Crippen LogP contribution in [-0.4, -0.2) is 56.5 Å². The smallest absolute Gasteiger partial charge is 0.273 e. The first kappa shape index (κ1) is 20.0. The number of carbonyl (C=O) groups is 1. The highest BCUT2D eigenvalue weighted by Crippen LogP contribution is 2.11. The van der Waals surface area contributed by atoms with Crippen LogP contribution in [0.3, 0.4) is 0 Å². The summed E-state index contributed by atoms with van der Waals surface area (Å²) >= 11 is 0. The third kappa shape index (κ3) is 5.14. The number of aromatic nitrogens is 5. The summed E-state index contributed by atoms with van der Waals surface area (Å²) in [7, 11) is 0. The lowest BCUT2D eigenvalue weighted by atomic mass is 10.3. The number of para-hydroxylation sites is 2. The summed E-state index contributed by atoms with van der Waals surface area (Å²) in [6.45, 7) is 6.59. The topological polar surface area (TPSA) is 96.1 Å². The van der Waals surface area contributed by atoms with Crippen molar-refractivity contribution in [3.8, 4) is 0 Å². The molecule has 3 aromatic rings. The normalized spacial score (nSPS) is 11.4. The lowest BCUT2D eigenvalue weighted by Crippen LogP contribution is -2.26. The maximum atomic E-state index is 12.3. The van der Waals surface area contributed by atoms with Gasteiger partial charge in [0.1, 0.15) is 0 Å². The fourth-order valence-corrected chi connectivity index (χ4v) is 2.90. The molecule has 0 atom stereocenters.